The van der Waals surface area contributed by atoms with Gasteiger partial charge in [-0.15, -0.1) is 0 Å². The number of pyridine rings is 1. The van der Waals surface area contributed by atoms with Crippen LogP contribution in [0.1, 0.15) is 40.2 Å². The first-order valence-corrected chi connectivity index (χ1v) is 10.6. The maximum Gasteiger partial charge on any atom is 0.292 e. The molecule has 2 aliphatic rings. The second-order valence-corrected chi connectivity index (χ2v) is 7.72. The van der Waals surface area contributed by atoms with E-state index in [0.717, 1.165) is 61.4 Å². The number of carbonyl (C=O) groups is 1. The summed E-state index contributed by atoms with van der Waals surface area (Å²) >= 11 is 0. The van der Waals surface area contributed by atoms with Crippen LogP contribution in [-0.4, -0.2) is 57.7 Å². The van der Waals surface area contributed by atoms with Crippen LogP contribution in [0.4, 0.5) is 5.69 Å². The molecule has 0 atom stereocenters. The largest absolute Gasteiger partial charge is 0.481 e. The van der Waals surface area contributed by atoms with Crippen LogP contribution < -0.4 is 15.2 Å². The van der Waals surface area contributed by atoms with Crippen LogP contribution in [0.3, 0.4) is 0 Å². The number of aromatic amines is 1. The van der Waals surface area contributed by atoms with Crippen molar-refractivity contribution in [3.63, 3.8) is 0 Å². The Labute approximate surface area is 185 Å². The molecule has 1 saturated heterocycles. The average Bonchev–Trinajstić information content (AvgIpc) is 3.54. The number of rotatable bonds is 3. The van der Waals surface area contributed by atoms with Crippen molar-refractivity contribution < 1.29 is 14.1 Å². The second kappa shape index (κ2) is 9.63. The van der Waals surface area contributed by atoms with E-state index in [0.29, 0.717) is 18.2 Å². The normalized spacial score (nSPS) is 15.1. The van der Waals surface area contributed by atoms with Gasteiger partial charge in [-0.1, -0.05) is 5.16 Å². The fourth-order valence-electron chi connectivity index (χ4n) is 3.91. The van der Waals surface area contributed by atoms with Gasteiger partial charge in [0.05, 0.1) is 49.3 Å². The smallest absolute Gasteiger partial charge is 0.292 e. The number of aryl methyl sites for hydroxylation is 1. The summed E-state index contributed by atoms with van der Waals surface area (Å²) in [5.41, 5.74) is 3.56. The number of hydrogen-bond donors (Lipinski definition) is 1. The zero-order valence-corrected chi connectivity index (χ0v) is 18.2. The van der Waals surface area contributed by atoms with E-state index < -0.39 is 0 Å². The number of fused-ring (bicyclic) bond motifs is 1. The number of nitrogens with one attached hydrogen (secondary N) is 1. The summed E-state index contributed by atoms with van der Waals surface area (Å²) in [7, 11) is 1.61. The van der Waals surface area contributed by atoms with Crippen LogP contribution in [-0.2, 0) is 13.0 Å². The third-order valence-electron chi connectivity index (χ3n) is 5.62. The molecule has 0 spiro atoms. The Balaban J connectivity index is 0.000000174. The van der Waals surface area contributed by atoms with Crippen molar-refractivity contribution in [2.75, 3.05) is 31.6 Å². The minimum Gasteiger partial charge on any atom is -0.481 e. The molecule has 10 nitrogen and oxygen atoms in total. The van der Waals surface area contributed by atoms with Crippen molar-refractivity contribution in [1.29, 1.82) is 0 Å². The molecule has 0 radical (unpaired) electrons. The Morgan fingerprint density at radius 1 is 1.22 bits per heavy atom. The van der Waals surface area contributed by atoms with Crippen LogP contribution in [0.25, 0.3) is 0 Å². The predicted octanol–water partition coefficient (Wildman–Crippen LogP) is 1.96. The molecule has 168 valence electrons. The number of methoxy groups -OCH3 is 1. The summed E-state index contributed by atoms with van der Waals surface area (Å²) < 4.78 is 9.93. The molecule has 1 amide bonds. The summed E-state index contributed by atoms with van der Waals surface area (Å²) in [5.74, 6) is 0.938. The molecule has 0 saturated carbocycles. The summed E-state index contributed by atoms with van der Waals surface area (Å²) in [6.07, 6.45) is 7.70. The SMILES string of the molecule is COc1ncc(N2CCc3nc[nH]c(=O)c3C2)cc1C.O=C(c1ccno1)N1CCCC1. The molecule has 0 bridgehead atoms. The molecule has 32 heavy (non-hydrogen) atoms. The second-order valence-electron chi connectivity index (χ2n) is 7.72. The highest BCUT2D eigenvalue weighted by atomic mass is 16.5. The van der Waals surface area contributed by atoms with Crippen LogP contribution >= 0.6 is 0 Å². The van der Waals surface area contributed by atoms with Gasteiger partial charge in [-0.25, -0.2) is 9.97 Å². The van der Waals surface area contributed by atoms with Crippen molar-refractivity contribution in [2.45, 2.75) is 32.7 Å². The summed E-state index contributed by atoms with van der Waals surface area (Å²) in [6.45, 7) is 5.05. The van der Waals surface area contributed by atoms with Gasteiger partial charge < -0.3 is 24.0 Å². The number of likely N-dealkylation sites (tertiary alicyclic amines) is 1. The van der Waals surface area contributed by atoms with Crippen LogP contribution in [0.15, 0.2) is 40.2 Å². The van der Waals surface area contributed by atoms with Gasteiger partial charge in [0.25, 0.3) is 11.5 Å². The number of anilines is 1. The summed E-state index contributed by atoms with van der Waals surface area (Å²) in [5, 5.41) is 3.49. The third-order valence-corrected chi connectivity index (χ3v) is 5.62. The third kappa shape index (κ3) is 4.63. The van der Waals surface area contributed by atoms with Gasteiger partial charge >= 0.3 is 0 Å². The number of nitrogens with zero attached hydrogens (tertiary/aromatic N) is 5. The van der Waals surface area contributed by atoms with Gasteiger partial charge in [0, 0.05) is 37.7 Å². The summed E-state index contributed by atoms with van der Waals surface area (Å²) in [4.78, 5) is 38.4. The maximum atomic E-state index is 11.9. The van der Waals surface area contributed by atoms with E-state index in [-0.39, 0.29) is 11.5 Å². The fraction of sp³-hybridized carbons (Fsp3) is 0.409. The number of carbonyl (C=O) groups excluding carboxylic acids is 1. The maximum absolute atomic E-state index is 11.9. The minimum absolute atomic E-state index is 0.0370. The van der Waals surface area contributed by atoms with Gasteiger partial charge in [0.2, 0.25) is 11.6 Å². The predicted molar refractivity (Wildman–Crippen MR) is 117 cm³/mol. The van der Waals surface area contributed by atoms with E-state index in [2.05, 4.69) is 25.0 Å². The Morgan fingerprint density at radius 2 is 2.03 bits per heavy atom. The van der Waals surface area contributed by atoms with Crippen molar-refractivity contribution in [2.24, 2.45) is 0 Å². The van der Waals surface area contributed by atoms with E-state index in [1.54, 1.807) is 24.3 Å². The minimum atomic E-state index is -0.0575. The number of H-pyrrole nitrogens is 1. The van der Waals surface area contributed by atoms with Crippen LogP contribution in [0.2, 0.25) is 0 Å². The van der Waals surface area contributed by atoms with E-state index in [4.69, 9.17) is 9.26 Å². The molecule has 5 rings (SSSR count). The summed E-state index contributed by atoms with van der Waals surface area (Å²) in [6, 6.07) is 3.63. The molecule has 1 fully saturated rings. The van der Waals surface area contributed by atoms with Crippen molar-refractivity contribution in [3.8, 4) is 5.88 Å². The van der Waals surface area contributed by atoms with Crippen molar-refractivity contribution in [3.05, 3.63) is 63.8 Å². The van der Waals surface area contributed by atoms with Gasteiger partial charge in [-0.2, -0.15) is 0 Å². The highest BCUT2D eigenvalue weighted by Crippen LogP contribution is 2.25. The topological polar surface area (TPSA) is 117 Å². The Kier molecular flexibility index (Phi) is 6.48. The molecule has 0 aromatic carbocycles. The standard InChI is InChI=1S/C14H16N4O2.C8H10N2O2/c1-9-5-10(6-15-14(9)20-2)18-4-3-12-11(7-18)13(19)17-8-16-12;11-8(7-3-4-9-12-7)10-5-1-2-6-10/h5-6,8H,3-4,7H2,1-2H3,(H,16,17,19);3-4H,1-2,5-6H2. The monoisotopic (exact) mass is 438 g/mol. The highest BCUT2D eigenvalue weighted by molar-refractivity contribution is 5.91. The molecule has 0 unspecified atom stereocenters. The lowest BCUT2D eigenvalue weighted by atomic mass is 10.1. The molecule has 5 heterocycles. The van der Waals surface area contributed by atoms with E-state index >= 15 is 0 Å². The van der Waals surface area contributed by atoms with Gasteiger partial charge in [0.15, 0.2) is 0 Å². The quantitative estimate of drug-likeness (QED) is 0.659. The van der Waals surface area contributed by atoms with Gasteiger partial charge in [0.1, 0.15) is 0 Å². The van der Waals surface area contributed by atoms with E-state index in [1.165, 1.54) is 12.5 Å². The lowest BCUT2D eigenvalue weighted by molar-refractivity contribution is 0.0751. The molecule has 2 aliphatic heterocycles. The first kappa shape index (κ1) is 21.5. The molecule has 10 heteroatoms. The fourth-order valence-corrected chi connectivity index (χ4v) is 3.91. The molecular weight excluding hydrogens is 412 g/mol. The number of ether oxygens (including phenoxy) is 1. The Hall–Kier alpha value is -3.69. The van der Waals surface area contributed by atoms with Crippen LogP contribution in [0.5, 0.6) is 5.88 Å². The van der Waals surface area contributed by atoms with E-state index in [1.807, 2.05) is 13.0 Å². The van der Waals surface area contributed by atoms with Crippen molar-refractivity contribution >= 4 is 11.6 Å². The van der Waals surface area contributed by atoms with Gasteiger partial charge in [-0.05, 0) is 25.8 Å². The lowest BCUT2D eigenvalue weighted by Crippen LogP contribution is -2.35. The van der Waals surface area contributed by atoms with Crippen molar-refractivity contribution in [1.82, 2.24) is 25.0 Å². The zero-order valence-electron chi connectivity index (χ0n) is 18.2. The molecule has 3 aromatic rings. The zero-order chi connectivity index (χ0) is 22.5. The molecular formula is C22H26N6O4. The Morgan fingerprint density at radius 3 is 2.72 bits per heavy atom. The molecule has 0 aliphatic carbocycles. The number of amides is 1. The average molecular weight is 438 g/mol. The number of hydrogen-bond acceptors (Lipinski definition) is 8. The highest BCUT2D eigenvalue weighted by Gasteiger charge is 2.22. The lowest BCUT2D eigenvalue weighted by Gasteiger charge is -2.29. The molecule has 1 N–H and O–H groups in total. The van der Waals surface area contributed by atoms with Crippen LogP contribution in [0, 0.1) is 6.92 Å². The first-order chi connectivity index (χ1) is 15.6. The first-order valence-electron chi connectivity index (χ1n) is 10.6. The molecule has 3 aromatic heterocycles. The van der Waals surface area contributed by atoms with E-state index in [9.17, 15) is 9.59 Å². The number of aromatic nitrogens is 4. The van der Waals surface area contributed by atoms with Gasteiger partial charge in [-0.3, -0.25) is 9.59 Å². The Bertz CT molecular complexity index is 1120.